The molecule has 0 heterocycles. The van der Waals surface area contributed by atoms with Gasteiger partial charge in [0.15, 0.2) is 0 Å². The molecule has 0 aliphatic heterocycles. The number of nitrogens with zero attached hydrogens (tertiary/aromatic N) is 1. The van der Waals surface area contributed by atoms with Crippen molar-refractivity contribution < 1.29 is 29.0 Å². The highest BCUT2D eigenvalue weighted by Crippen LogP contribution is 2.49. The van der Waals surface area contributed by atoms with Gasteiger partial charge in [-0.15, -0.1) is 0 Å². The van der Waals surface area contributed by atoms with Gasteiger partial charge in [-0.25, -0.2) is 0 Å². The molecule has 2 amide bonds. The van der Waals surface area contributed by atoms with Crippen molar-refractivity contribution in [3.05, 3.63) is 23.3 Å². The fourth-order valence-corrected chi connectivity index (χ4v) is 6.62. The molecule has 1 aromatic rings. The van der Waals surface area contributed by atoms with E-state index in [9.17, 15) is 24.8 Å². The van der Waals surface area contributed by atoms with E-state index in [2.05, 4.69) is 16.7 Å². The number of fused-ring (bicyclic) bond motifs is 2. The van der Waals surface area contributed by atoms with E-state index in [1.54, 1.807) is 13.0 Å². The second kappa shape index (κ2) is 10.5. The number of carbonyl (C=O) groups excluding carboxylic acids is 2. The third kappa shape index (κ3) is 5.18. The van der Waals surface area contributed by atoms with Crippen molar-refractivity contribution in [3.8, 4) is 17.6 Å². The van der Waals surface area contributed by atoms with Crippen LogP contribution in [0, 0.1) is 40.4 Å². The number of benzene rings is 1. The Kier molecular flexibility index (Phi) is 7.26. The Hall–Kier alpha value is -3.28. The fourth-order valence-electron chi connectivity index (χ4n) is 6.62. The van der Waals surface area contributed by atoms with E-state index >= 15 is 0 Å². The summed E-state index contributed by atoms with van der Waals surface area (Å²) in [7, 11) is 1.45. The number of aliphatic carboxylic acids is 1. The topological polar surface area (TPSA) is 138 Å². The van der Waals surface area contributed by atoms with Crippen LogP contribution in [0.15, 0.2) is 12.1 Å². The summed E-state index contributed by atoms with van der Waals surface area (Å²) in [5.74, 6) is 0.348. The summed E-state index contributed by atoms with van der Waals surface area (Å²) in [6.45, 7) is 2.46. The maximum atomic E-state index is 13.6. The van der Waals surface area contributed by atoms with Crippen LogP contribution in [-0.2, 0) is 9.59 Å². The standard InChI is InChI=1S/C29H37N3O6/c1-29(28(35)36)9-7-20(8-10-29)38-22-13-21(23(37-2)12-19(22)14-30)26(33)32-25-18-6-5-17(11-18)24(25)27(34)31-15-16-3-4-16/h12-13,16-18,20,24-25H,3-11,15H2,1-2H3,(H,31,34)(H,32,33)(H,35,36). The number of carbonyl (C=O) groups is 3. The van der Waals surface area contributed by atoms with E-state index in [1.165, 1.54) is 26.0 Å². The molecule has 4 atom stereocenters. The summed E-state index contributed by atoms with van der Waals surface area (Å²) in [5, 5.41) is 25.5. The molecule has 0 saturated heterocycles. The van der Waals surface area contributed by atoms with Crippen LogP contribution < -0.4 is 20.1 Å². The van der Waals surface area contributed by atoms with Gasteiger partial charge in [0.25, 0.3) is 5.91 Å². The van der Waals surface area contributed by atoms with E-state index in [1.807, 2.05) is 0 Å². The van der Waals surface area contributed by atoms with Crippen molar-refractivity contribution in [2.75, 3.05) is 13.7 Å². The van der Waals surface area contributed by atoms with E-state index in [0.29, 0.717) is 38.1 Å². The highest BCUT2D eigenvalue weighted by Gasteiger charge is 2.51. The average molecular weight is 524 g/mol. The first-order valence-corrected chi connectivity index (χ1v) is 13.8. The molecule has 9 nitrogen and oxygen atoms in total. The summed E-state index contributed by atoms with van der Waals surface area (Å²) in [4.78, 5) is 38.3. The van der Waals surface area contributed by atoms with Gasteiger partial charge in [-0.05, 0) is 88.5 Å². The highest BCUT2D eigenvalue weighted by atomic mass is 16.5. The molecule has 9 heteroatoms. The first-order chi connectivity index (χ1) is 18.2. The van der Waals surface area contributed by atoms with Gasteiger partial charge in [0.05, 0.1) is 35.7 Å². The summed E-state index contributed by atoms with van der Waals surface area (Å²) in [6.07, 6.45) is 7.09. The van der Waals surface area contributed by atoms with Crippen molar-refractivity contribution in [1.29, 1.82) is 5.26 Å². The molecule has 38 heavy (non-hydrogen) atoms. The van der Waals surface area contributed by atoms with Crippen molar-refractivity contribution in [1.82, 2.24) is 10.6 Å². The molecule has 0 radical (unpaired) electrons. The van der Waals surface area contributed by atoms with Gasteiger partial charge < -0.3 is 25.2 Å². The van der Waals surface area contributed by atoms with Gasteiger partial charge in [-0.1, -0.05) is 0 Å². The summed E-state index contributed by atoms with van der Waals surface area (Å²) >= 11 is 0. The van der Waals surface area contributed by atoms with E-state index in [0.717, 1.165) is 19.3 Å². The van der Waals surface area contributed by atoms with Gasteiger partial charge in [0.1, 0.15) is 17.6 Å². The molecule has 4 fully saturated rings. The summed E-state index contributed by atoms with van der Waals surface area (Å²) in [6, 6.07) is 4.94. The third-order valence-electron chi connectivity index (χ3n) is 9.29. The van der Waals surface area contributed by atoms with E-state index in [4.69, 9.17) is 9.47 Å². The maximum Gasteiger partial charge on any atom is 0.309 e. The zero-order valence-corrected chi connectivity index (χ0v) is 22.1. The zero-order chi connectivity index (χ0) is 27.0. The van der Waals surface area contributed by atoms with Crippen LogP contribution in [-0.4, -0.2) is 48.7 Å². The molecule has 3 N–H and O–H groups in total. The monoisotopic (exact) mass is 523 g/mol. The van der Waals surface area contributed by atoms with Crippen molar-refractivity contribution in [2.24, 2.45) is 29.1 Å². The Bertz CT molecular complexity index is 1150. The molecule has 5 rings (SSSR count). The molecule has 1 aromatic carbocycles. The Morgan fingerprint density at radius 2 is 1.79 bits per heavy atom. The van der Waals surface area contributed by atoms with Gasteiger partial charge in [-0.3, -0.25) is 14.4 Å². The molecule has 4 saturated carbocycles. The van der Waals surface area contributed by atoms with Crippen LogP contribution in [0.3, 0.4) is 0 Å². The Morgan fingerprint density at radius 1 is 1.08 bits per heavy atom. The first-order valence-electron chi connectivity index (χ1n) is 13.8. The van der Waals surface area contributed by atoms with Crippen LogP contribution in [0.25, 0.3) is 0 Å². The van der Waals surface area contributed by atoms with Crippen molar-refractivity contribution in [3.63, 3.8) is 0 Å². The zero-order valence-electron chi connectivity index (χ0n) is 22.1. The number of methoxy groups -OCH3 is 1. The van der Waals surface area contributed by atoms with Crippen LogP contribution >= 0.6 is 0 Å². The van der Waals surface area contributed by atoms with E-state index in [-0.39, 0.29) is 64.3 Å². The van der Waals surface area contributed by atoms with Crippen LogP contribution in [0.2, 0.25) is 0 Å². The van der Waals surface area contributed by atoms with Gasteiger partial charge in [0.2, 0.25) is 5.91 Å². The largest absolute Gasteiger partial charge is 0.496 e. The van der Waals surface area contributed by atoms with Crippen molar-refractivity contribution in [2.45, 2.75) is 76.9 Å². The predicted octanol–water partition coefficient (Wildman–Crippen LogP) is 3.65. The number of nitrogens with one attached hydrogen (secondary N) is 2. The SMILES string of the molecule is COc1cc(C#N)c(OC2CCC(C)(C(=O)O)CC2)cc1C(=O)NC1C2CCC(C2)C1C(=O)NCC1CC1. The van der Waals surface area contributed by atoms with E-state index < -0.39 is 11.4 Å². The van der Waals surface area contributed by atoms with Crippen LogP contribution in [0.4, 0.5) is 0 Å². The summed E-state index contributed by atoms with van der Waals surface area (Å²) < 4.78 is 11.6. The minimum atomic E-state index is -0.808. The average Bonchev–Trinajstić information content (AvgIpc) is 3.53. The minimum Gasteiger partial charge on any atom is -0.496 e. The predicted molar refractivity (Wildman–Crippen MR) is 138 cm³/mol. The second-order valence-electron chi connectivity index (χ2n) is 11.9. The number of carboxylic acids is 1. The Morgan fingerprint density at radius 3 is 2.42 bits per heavy atom. The smallest absolute Gasteiger partial charge is 0.309 e. The maximum absolute atomic E-state index is 13.6. The Labute approximate surface area is 223 Å². The Balaban J connectivity index is 1.32. The van der Waals surface area contributed by atoms with Crippen LogP contribution in [0.5, 0.6) is 11.5 Å². The molecule has 4 unspecified atom stereocenters. The molecule has 0 spiro atoms. The number of amides is 2. The fraction of sp³-hybridized carbons (Fsp3) is 0.655. The molecular formula is C29H37N3O6. The molecule has 4 aliphatic rings. The molecule has 2 bridgehead atoms. The lowest BCUT2D eigenvalue weighted by atomic mass is 9.75. The van der Waals surface area contributed by atoms with Gasteiger partial charge >= 0.3 is 5.97 Å². The number of ether oxygens (including phenoxy) is 2. The van der Waals surface area contributed by atoms with Crippen molar-refractivity contribution >= 4 is 17.8 Å². The minimum absolute atomic E-state index is 0.0378. The lowest BCUT2D eigenvalue weighted by Gasteiger charge is -2.34. The quantitative estimate of drug-likeness (QED) is 0.449. The molecule has 0 aromatic heterocycles. The number of hydrogen-bond donors (Lipinski definition) is 3. The highest BCUT2D eigenvalue weighted by molar-refractivity contribution is 5.98. The number of hydrogen-bond acceptors (Lipinski definition) is 6. The lowest BCUT2D eigenvalue weighted by Crippen LogP contribution is -2.50. The molecule has 4 aliphatic carbocycles. The van der Waals surface area contributed by atoms with Crippen LogP contribution in [0.1, 0.15) is 80.6 Å². The number of carboxylic acid groups (broad SMARTS) is 1. The second-order valence-corrected chi connectivity index (χ2v) is 11.9. The first kappa shape index (κ1) is 26.3. The lowest BCUT2D eigenvalue weighted by molar-refractivity contribution is -0.150. The third-order valence-corrected chi connectivity index (χ3v) is 9.29. The molecular weight excluding hydrogens is 486 g/mol. The molecule has 204 valence electrons. The normalized spacial score (nSPS) is 31.8. The van der Waals surface area contributed by atoms with Gasteiger partial charge in [0, 0.05) is 18.7 Å². The number of nitriles is 1. The number of rotatable bonds is 9. The van der Waals surface area contributed by atoms with Gasteiger partial charge in [-0.2, -0.15) is 5.26 Å². The summed E-state index contributed by atoms with van der Waals surface area (Å²) in [5.41, 5.74) is -0.264.